The van der Waals surface area contributed by atoms with Crippen LogP contribution in [0.4, 0.5) is 0 Å². The summed E-state index contributed by atoms with van der Waals surface area (Å²) in [5.41, 5.74) is 2.77. The van der Waals surface area contributed by atoms with Crippen LogP contribution in [0.2, 0.25) is 0 Å². The van der Waals surface area contributed by atoms with Gasteiger partial charge in [0.2, 0.25) is 0 Å². The van der Waals surface area contributed by atoms with Gasteiger partial charge in [-0.2, -0.15) is 0 Å². The third-order valence-electron chi connectivity index (χ3n) is 2.82. The molecule has 0 bridgehead atoms. The van der Waals surface area contributed by atoms with Crippen molar-refractivity contribution in [1.82, 2.24) is 4.98 Å². The fourth-order valence-corrected chi connectivity index (χ4v) is 1.93. The highest BCUT2D eigenvalue weighted by molar-refractivity contribution is 5.97. The molecular weight excluding hydrogens is 230 g/mol. The zero-order valence-corrected chi connectivity index (χ0v) is 10.2. The van der Waals surface area contributed by atoms with Gasteiger partial charge in [0.1, 0.15) is 0 Å². The molecule has 0 fully saturated rings. The van der Waals surface area contributed by atoms with Gasteiger partial charge >= 0.3 is 5.97 Å². The maximum Gasteiger partial charge on any atom is 0.302 e. The highest BCUT2D eigenvalue weighted by Crippen LogP contribution is 2.19. The molecule has 0 saturated heterocycles. The van der Waals surface area contributed by atoms with Crippen molar-refractivity contribution in [2.75, 3.05) is 6.61 Å². The second-order valence-electron chi connectivity index (χ2n) is 4.19. The number of fused-ring (bicyclic) bond motifs is 1. The number of H-pyrrole nitrogens is 1. The molecule has 94 valence electrons. The second-order valence-corrected chi connectivity index (χ2v) is 4.19. The van der Waals surface area contributed by atoms with E-state index < -0.39 is 0 Å². The first-order valence-electron chi connectivity index (χ1n) is 5.89. The molecule has 0 radical (unpaired) electrons. The van der Waals surface area contributed by atoms with Gasteiger partial charge in [-0.25, -0.2) is 0 Å². The van der Waals surface area contributed by atoms with Crippen LogP contribution in [0.25, 0.3) is 10.9 Å². The highest BCUT2D eigenvalue weighted by atomic mass is 16.5. The Bertz CT molecular complexity index is 571. The van der Waals surface area contributed by atoms with E-state index in [4.69, 9.17) is 4.74 Å². The number of carbonyl (C=O) groups excluding carboxylic acids is 2. The second kappa shape index (κ2) is 5.49. The van der Waals surface area contributed by atoms with Gasteiger partial charge in [-0.3, -0.25) is 9.59 Å². The third kappa shape index (κ3) is 2.77. The monoisotopic (exact) mass is 245 g/mol. The standard InChI is InChI=1S/C14H15NO3/c1-10(17)18-6-2-3-11-4-5-14-13(7-11)12(9-16)8-15-14/h4-5,7-9,15H,2-3,6H2,1H3. The van der Waals surface area contributed by atoms with Crippen molar-refractivity contribution < 1.29 is 14.3 Å². The van der Waals surface area contributed by atoms with Gasteiger partial charge in [-0.15, -0.1) is 0 Å². The van der Waals surface area contributed by atoms with Crippen molar-refractivity contribution in [2.24, 2.45) is 0 Å². The van der Waals surface area contributed by atoms with Crippen LogP contribution in [0.1, 0.15) is 29.3 Å². The van der Waals surface area contributed by atoms with Gasteiger partial charge < -0.3 is 9.72 Å². The first-order valence-corrected chi connectivity index (χ1v) is 5.89. The summed E-state index contributed by atoms with van der Waals surface area (Å²) >= 11 is 0. The summed E-state index contributed by atoms with van der Waals surface area (Å²) in [7, 11) is 0. The minimum Gasteiger partial charge on any atom is -0.466 e. The molecule has 2 aromatic rings. The molecule has 4 heteroatoms. The smallest absolute Gasteiger partial charge is 0.302 e. The van der Waals surface area contributed by atoms with E-state index in [-0.39, 0.29) is 5.97 Å². The molecule has 4 nitrogen and oxygen atoms in total. The molecule has 1 heterocycles. The minimum atomic E-state index is -0.251. The Labute approximate surface area is 105 Å². The summed E-state index contributed by atoms with van der Waals surface area (Å²) < 4.78 is 4.88. The van der Waals surface area contributed by atoms with E-state index in [1.807, 2.05) is 18.2 Å². The van der Waals surface area contributed by atoms with Gasteiger partial charge in [-0.1, -0.05) is 6.07 Å². The molecular formula is C14H15NO3. The number of aldehydes is 1. The third-order valence-corrected chi connectivity index (χ3v) is 2.82. The minimum absolute atomic E-state index is 0.251. The SMILES string of the molecule is CC(=O)OCCCc1ccc2[nH]cc(C=O)c2c1. The molecule has 0 aliphatic carbocycles. The van der Waals surface area contributed by atoms with Gasteiger partial charge in [-0.05, 0) is 30.5 Å². The van der Waals surface area contributed by atoms with Crippen LogP contribution in [-0.4, -0.2) is 23.8 Å². The Morgan fingerprint density at radius 1 is 1.44 bits per heavy atom. The molecule has 18 heavy (non-hydrogen) atoms. The summed E-state index contributed by atoms with van der Waals surface area (Å²) in [6.07, 6.45) is 4.17. The Morgan fingerprint density at radius 2 is 2.28 bits per heavy atom. The molecule has 0 aliphatic heterocycles. The van der Waals surface area contributed by atoms with Crippen LogP contribution in [-0.2, 0) is 16.0 Å². The lowest BCUT2D eigenvalue weighted by Gasteiger charge is -2.03. The summed E-state index contributed by atoms with van der Waals surface area (Å²) in [5, 5.41) is 0.940. The molecule has 2 rings (SSSR count). The van der Waals surface area contributed by atoms with E-state index in [1.54, 1.807) is 6.20 Å². The maximum absolute atomic E-state index is 10.9. The Kier molecular flexibility index (Phi) is 3.77. The van der Waals surface area contributed by atoms with Crippen LogP contribution >= 0.6 is 0 Å². The molecule has 1 N–H and O–H groups in total. The number of aryl methyl sites for hydroxylation is 1. The van der Waals surface area contributed by atoms with Gasteiger partial charge in [0.05, 0.1) is 6.61 Å². The normalized spacial score (nSPS) is 10.5. The first kappa shape index (κ1) is 12.4. The van der Waals surface area contributed by atoms with Gasteiger partial charge in [0, 0.05) is 29.6 Å². The number of nitrogens with one attached hydrogen (secondary N) is 1. The quantitative estimate of drug-likeness (QED) is 0.500. The zero-order chi connectivity index (χ0) is 13.0. The molecule has 1 aromatic carbocycles. The van der Waals surface area contributed by atoms with Crippen molar-refractivity contribution in [2.45, 2.75) is 19.8 Å². The Hall–Kier alpha value is -2.10. The summed E-state index contributed by atoms with van der Waals surface area (Å²) in [5.74, 6) is -0.251. The summed E-state index contributed by atoms with van der Waals surface area (Å²) in [4.78, 5) is 24.5. The van der Waals surface area contributed by atoms with Crippen LogP contribution in [0, 0.1) is 0 Å². The van der Waals surface area contributed by atoms with E-state index >= 15 is 0 Å². The van der Waals surface area contributed by atoms with E-state index in [2.05, 4.69) is 4.98 Å². The first-order chi connectivity index (χ1) is 8.70. The number of carbonyl (C=O) groups is 2. The van der Waals surface area contributed by atoms with Crippen molar-refractivity contribution in [3.05, 3.63) is 35.5 Å². The van der Waals surface area contributed by atoms with Crippen molar-refractivity contribution >= 4 is 23.2 Å². The highest BCUT2D eigenvalue weighted by Gasteiger charge is 2.04. The molecule has 0 atom stereocenters. The number of aromatic nitrogens is 1. The van der Waals surface area contributed by atoms with Crippen LogP contribution in [0.3, 0.4) is 0 Å². The molecule has 1 aromatic heterocycles. The maximum atomic E-state index is 10.9. The van der Waals surface area contributed by atoms with Crippen molar-refractivity contribution in [3.63, 3.8) is 0 Å². The predicted octanol–water partition coefficient (Wildman–Crippen LogP) is 2.48. The fraction of sp³-hybridized carbons (Fsp3) is 0.286. The number of benzene rings is 1. The molecule has 0 aliphatic rings. The predicted molar refractivity (Wildman–Crippen MR) is 68.6 cm³/mol. The molecule has 0 saturated carbocycles. The lowest BCUT2D eigenvalue weighted by molar-refractivity contribution is -0.141. The largest absolute Gasteiger partial charge is 0.466 e. The van der Waals surface area contributed by atoms with E-state index in [1.165, 1.54) is 6.92 Å². The van der Waals surface area contributed by atoms with E-state index in [0.29, 0.717) is 12.2 Å². The van der Waals surface area contributed by atoms with Crippen LogP contribution < -0.4 is 0 Å². The number of esters is 1. The average Bonchev–Trinajstić information content (AvgIpc) is 2.76. The number of rotatable bonds is 5. The number of aromatic amines is 1. The molecule has 0 amide bonds. The summed E-state index contributed by atoms with van der Waals surface area (Å²) in [6, 6.07) is 5.98. The van der Waals surface area contributed by atoms with Gasteiger partial charge in [0.15, 0.2) is 6.29 Å². The Balaban J connectivity index is 2.05. The number of hydrogen-bond donors (Lipinski definition) is 1. The van der Waals surface area contributed by atoms with Crippen molar-refractivity contribution in [3.8, 4) is 0 Å². The lowest BCUT2D eigenvalue weighted by atomic mass is 10.1. The average molecular weight is 245 g/mol. The number of hydrogen-bond acceptors (Lipinski definition) is 3. The zero-order valence-electron chi connectivity index (χ0n) is 10.2. The Morgan fingerprint density at radius 3 is 3.00 bits per heavy atom. The number of ether oxygens (including phenoxy) is 1. The van der Waals surface area contributed by atoms with E-state index in [0.717, 1.165) is 35.6 Å². The fourth-order valence-electron chi connectivity index (χ4n) is 1.93. The summed E-state index contributed by atoms with van der Waals surface area (Å²) in [6.45, 7) is 1.84. The molecule has 0 unspecified atom stereocenters. The topological polar surface area (TPSA) is 59.2 Å². The van der Waals surface area contributed by atoms with Crippen LogP contribution in [0.15, 0.2) is 24.4 Å². The van der Waals surface area contributed by atoms with Crippen molar-refractivity contribution in [1.29, 1.82) is 0 Å². The van der Waals surface area contributed by atoms with Crippen LogP contribution in [0.5, 0.6) is 0 Å². The lowest BCUT2D eigenvalue weighted by Crippen LogP contribution is -2.01. The molecule has 0 spiro atoms. The van der Waals surface area contributed by atoms with E-state index in [9.17, 15) is 9.59 Å². The van der Waals surface area contributed by atoms with Gasteiger partial charge in [0.25, 0.3) is 0 Å².